The summed E-state index contributed by atoms with van der Waals surface area (Å²) in [7, 11) is 1.99. The van der Waals surface area contributed by atoms with E-state index in [1.54, 1.807) is 12.4 Å². The average molecular weight is 282 g/mol. The lowest BCUT2D eigenvalue weighted by Gasteiger charge is -2.25. The molecule has 0 unspecified atom stereocenters. The largest absolute Gasteiger partial charge is 0.397 e. The molecule has 108 valence electrons. The summed E-state index contributed by atoms with van der Waals surface area (Å²) in [6.07, 6.45) is 4.83. The Bertz CT molecular complexity index is 669. The Hall–Kier alpha value is -2.56. The van der Waals surface area contributed by atoms with Crippen molar-refractivity contribution < 1.29 is 4.79 Å². The first-order chi connectivity index (χ1) is 10.1. The molecular formula is C16H18N4O. The monoisotopic (exact) mass is 282 g/mol. The van der Waals surface area contributed by atoms with Crippen LogP contribution in [-0.2, 0) is 17.8 Å². The molecule has 5 nitrogen and oxygen atoms in total. The summed E-state index contributed by atoms with van der Waals surface area (Å²) < 4.78 is 0. The van der Waals surface area contributed by atoms with Gasteiger partial charge >= 0.3 is 0 Å². The van der Waals surface area contributed by atoms with Gasteiger partial charge in [-0.3, -0.25) is 9.78 Å². The van der Waals surface area contributed by atoms with Crippen LogP contribution in [0.5, 0.6) is 0 Å². The van der Waals surface area contributed by atoms with Crippen molar-refractivity contribution in [1.29, 1.82) is 0 Å². The lowest BCUT2D eigenvalue weighted by atomic mass is 10.0. The molecule has 3 rings (SSSR count). The molecule has 0 bridgehead atoms. The fourth-order valence-electron chi connectivity index (χ4n) is 2.61. The smallest absolute Gasteiger partial charge is 0.224 e. The van der Waals surface area contributed by atoms with E-state index in [4.69, 9.17) is 5.73 Å². The Morgan fingerprint density at radius 2 is 2.05 bits per heavy atom. The number of aromatic nitrogens is 1. The second kappa shape index (κ2) is 5.44. The molecule has 1 aliphatic heterocycles. The fourth-order valence-corrected chi connectivity index (χ4v) is 2.61. The van der Waals surface area contributed by atoms with Crippen LogP contribution in [0.1, 0.15) is 17.5 Å². The molecule has 1 aliphatic rings. The Morgan fingerprint density at radius 3 is 2.81 bits per heavy atom. The van der Waals surface area contributed by atoms with Crippen molar-refractivity contribution in [2.75, 3.05) is 23.0 Å². The number of benzene rings is 1. The van der Waals surface area contributed by atoms with Crippen molar-refractivity contribution in [3.63, 3.8) is 0 Å². The molecule has 0 aliphatic carbocycles. The van der Waals surface area contributed by atoms with E-state index >= 15 is 0 Å². The van der Waals surface area contributed by atoms with Gasteiger partial charge in [-0.1, -0.05) is 0 Å². The second-order valence-corrected chi connectivity index (χ2v) is 5.33. The SMILES string of the molecule is CN(Cc1ccncc1)c1cc2c(cc1N)CCC(=O)N2. The highest BCUT2D eigenvalue weighted by atomic mass is 16.1. The molecule has 5 heteroatoms. The van der Waals surface area contributed by atoms with Crippen molar-refractivity contribution >= 4 is 23.0 Å². The summed E-state index contributed by atoms with van der Waals surface area (Å²) in [6.45, 7) is 0.736. The average Bonchev–Trinajstić information content (AvgIpc) is 2.48. The van der Waals surface area contributed by atoms with Crippen LogP contribution >= 0.6 is 0 Å². The van der Waals surface area contributed by atoms with Gasteiger partial charge in [0.05, 0.1) is 11.4 Å². The van der Waals surface area contributed by atoms with E-state index in [1.165, 1.54) is 0 Å². The van der Waals surface area contributed by atoms with E-state index in [1.807, 2.05) is 31.3 Å². The first-order valence-electron chi connectivity index (χ1n) is 6.96. The van der Waals surface area contributed by atoms with Gasteiger partial charge in [0.25, 0.3) is 0 Å². The molecule has 0 saturated heterocycles. The lowest BCUT2D eigenvalue weighted by Crippen LogP contribution is -2.22. The maximum absolute atomic E-state index is 11.5. The number of amides is 1. The van der Waals surface area contributed by atoms with Crippen LogP contribution in [0.2, 0.25) is 0 Å². The third-order valence-corrected chi connectivity index (χ3v) is 3.73. The maximum atomic E-state index is 11.5. The van der Waals surface area contributed by atoms with E-state index in [9.17, 15) is 4.79 Å². The molecular weight excluding hydrogens is 264 g/mol. The normalized spacial score (nSPS) is 13.5. The number of rotatable bonds is 3. The van der Waals surface area contributed by atoms with Crippen LogP contribution in [0, 0.1) is 0 Å². The number of nitrogen functional groups attached to an aromatic ring is 1. The molecule has 0 radical (unpaired) electrons. The van der Waals surface area contributed by atoms with Gasteiger partial charge in [-0.15, -0.1) is 0 Å². The number of anilines is 3. The van der Waals surface area contributed by atoms with Gasteiger partial charge in [0.1, 0.15) is 0 Å². The standard InChI is InChI=1S/C16H18N4O/c1-20(10-11-4-6-18-7-5-11)15-9-14-12(8-13(15)17)2-3-16(21)19-14/h4-9H,2-3,10,17H2,1H3,(H,19,21). The Balaban J connectivity index is 1.87. The topological polar surface area (TPSA) is 71.2 Å². The van der Waals surface area contributed by atoms with Gasteiger partial charge in [0.2, 0.25) is 5.91 Å². The zero-order valence-corrected chi connectivity index (χ0v) is 12.0. The number of nitrogens with two attached hydrogens (primary N) is 1. The predicted octanol–water partition coefficient (Wildman–Crippen LogP) is 2.18. The zero-order valence-electron chi connectivity index (χ0n) is 12.0. The van der Waals surface area contributed by atoms with Crippen molar-refractivity contribution in [2.24, 2.45) is 0 Å². The van der Waals surface area contributed by atoms with Gasteiger partial charge in [0, 0.05) is 38.1 Å². The van der Waals surface area contributed by atoms with Crippen molar-refractivity contribution in [3.05, 3.63) is 47.8 Å². The number of nitrogens with zero attached hydrogens (tertiary/aromatic N) is 2. The summed E-state index contributed by atoms with van der Waals surface area (Å²) in [5.41, 5.74) is 11.0. The minimum atomic E-state index is 0.0648. The van der Waals surface area contributed by atoms with Gasteiger partial charge < -0.3 is 16.0 Å². The third kappa shape index (κ3) is 2.81. The molecule has 3 N–H and O–H groups in total. The predicted molar refractivity (Wildman–Crippen MR) is 84.1 cm³/mol. The van der Waals surface area contributed by atoms with E-state index in [-0.39, 0.29) is 5.91 Å². The second-order valence-electron chi connectivity index (χ2n) is 5.33. The summed E-state index contributed by atoms with van der Waals surface area (Å²) in [5.74, 6) is 0.0648. The van der Waals surface area contributed by atoms with Crippen LogP contribution in [0.3, 0.4) is 0 Å². The van der Waals surface area contributed by atoms with Crippen molar-refractivity contribution in [3.8, 4) is 0 Å². The van der Waals surface area contributed by atoms with Crippen molar-refractivity contribution in [2.45, 2.75) is 19.4 Å². The van der Waals surface area contributed by atoms with E-state index in [2.05, 4.69) is 15.2 Å². The zero-order chi connectivity index (χ0) is 14.8. The highest BCUT2D eigenvalue weighted by molar-refractivity contribution is 5.95. The molecule has 2 heterocycles. The molecule has 2 aromatic rings. The van der Waals surface area contributed by atoms with Gasteiger partial charge in [0.15, 0.2) is 0 Å². The molecule has 1 aromatic heterocycles. The Labute approximate surface area is 123 Å². The quantitative estimate of drug-likeness (QED) is 0.846. The molecule has 1 amide bonds. The number of hydrogen-bond acceptors (Lipinski definition) is 4. The number of carbonyl (C=O) groups is 1. The Kier molecular flexibility index (Phi) is 3.48. The first-order valence-corrected chi connectivity index (χ1v) is 6.96. The van der Waals surface area contributed by atoms with E-state index < -0.39 is 0 Å². The van der Waals surface area contributed by atoms with E-state index in [0.717, 1.165) is 41.2 Å². The van der Waals surface area contributed by atoms with Crippen LogP contribution in [0.25, 0.3) is 0 Å². The fraction of sp³-hybridized carbons (Fsp3) is 0.250. The number of aryl methyl sites for hydroxylation is 1. The number of hydrogen-bond donors (Lipinski definition) is 2. The van der Waals surface area contributed by atoms with Crippen LogP contribution in [0.15, 0.2) is 36.7 Å². The van der Waals surface area contributed by atoms with Crippen molar-refractivity contribution in [1.82, 2.24) is 4.98 Å². The highest BCUT2D eigenvalue weighted by Gasteiger charge is 2.18. The van der Waals surface area contributed by atoms with Crippen LogP contribution in [0.4, 0.5) is 17.1 Å². The van der Waals surface area contributed by atoms with Gasteiger partial charge in [-0.25, -0.2) is 0 Å². The number of fused-ring (bicyclic) bond motifs is 1. The number of pyridine rings is 1. The van der Waals surface area contributed by atoms with Gasteiger partial charge in [-0.05, 0) is 41.8 Å². The van der Waals surface area contributed by atoms with Crippen LogP contribution < -0.4 is 16.0 Å². The van der Waals surface area contributed by atoms with Crippen LogP contribution in [-0.4, -0.2) is 17.9 Å². The lowest BCUT2D eigenvalue weighted by molar-refractivity contribution is -0.116. The third-order valence-electron chi connectivity index (χ3n) is 3.73. The minimum Gasteiger partial charge on any atom is -0.397 e. The Morgan fingerprint density at radius 1 is 1.29 bits per heavy atom. The van der Waals surface area contributed by atoms with E-state index in [0.29, 0.717) is 6.42 Å². The maximum Gasteiger partial charge on any atom is 0.224 e. The minimum absolute atomic E-state index is 0.0648. The number of nitrogens with one attached hydrogen (secondary N) is 1. The molecule has 0 fully saturated rings. The summed E-state index contributed by atoms with van der Waals surface area (Å²) in [6, 6.07) is 7.88. The molecule has 0 saturated carbocycles. The summed E-state index contributed by atoms with van der Waals surface area (Å²) in [5, 5.41) is 2.92. The summed E-state index contributed by atoms with van der Waals surface area (Å²) >= 11 is 0. The molecule has 0 spiro atoms. The molecule has 21 heavy (non-hydrogen) atoms. The number of carbonyl (C=O) groups excluding carboxylic acids is 1. The molecule has 0 atom stereocenters. The highest BCUT2D eigenvalue weighted by Crippen LogP contribution is 2.33. The first kappa shape index (κ1) is 13.4. The van der Waals surface area contributed by atoms with Gasteiger partial charge in [-0.2, -0.15) is 0 Å². The summed E-state index contributed by atoms with van der Waals surface area (Å²) in [4.78, 5) is 17.6. The molecule has 1 aromatic carbocycles.